The number of nitrogens with one attached hydrogen (secondary N) is 1. The number of hydrogen-bond donors (Lipinski definition) is 3. The maximum absolute atomic E-state index is 13.3. The lowest BCUT2D eigenvalue weighted by Gasteiger charge is -2.33. The third-order valence-electron chi connectivity index (χ3n) is 5.60. The molecule has 6 nitrogen and oxygen atoms in total. The quantitative estimate of drug-likeness (QED) is 0.437. The minimum atomic E-state index is -0.659. The van der Waals surface area contributed by atoms with Gasteiger partial charge in [-0.2, -0.15) is 0 Å². The second-order valence-corrected chi connectivity index (χ2v) is 9.21. The molecule has 0 spiro atoms. The minimum Gasteiger partial charge on any atom is -0.491 e. The van der Waals surface area contributed by atoms with Crippen molar-refractivity contribution in [3.63, 3.8) is 0 Å². The molecule has 0 aromatic heterocycles. The lowest BCUT2D eigenvalue weighted by atomic mass is 10.0. The largest absolute Gasteiger partial charge is 0.491 e. The monoisotopic (exact) mass is 500 g/mol. The van der Waals surface area contributed by atoms with Crippen LogP contribution < -0.4 is 14.8 Å². The van der Waals surface area contributed by atoms with Gasteiger partial charge in [0.1, 0.15) is 42.7 Å². The lowest BCUT2D eigenvalue weighted by molar-refractivity contribution is 0.0556. The number of aliphatic hydroxyl groups is 2. The van der Waals surface area contributed by atoms with Gasteiger partial charge in [-0.25, -0.2) is 4.39 Å². The summed E-state index contributed by atoms with van der Waals surface area (Å²) in [5.74, 6) is 0.842. The fraction of sp³-hybridized carbons (Fsp3) is 0.500. The molecule has 3 N–H and O–H groups in total. The van der Waals surface area contributed by atoms with Crippen LogP contribution in [0.4, 0.5) is 4.39 Å². The van der Waals surface area contributed by atoms with Gasteiger partial charge >= 0.3 is 0 Å². The van der Waals surface area contributed by atoms with Crippen molar-refractivity contribution in [2.45, 2.75) is 38.0 Å². The van der Waals surface area contributed by atoms with Gasteiger partial charge in [-0.3, -0.25) is 0 Å². The standard InChI is InChI=1S/C24H31Cl2FN2O4/c1-16-10-20(3-5-24(16)27)32-14-18(30)12-28-17-6-8-29(9-7-17)13-19(31)15-33-21-2-4-22(25)23(26)11-21/h2-5,10-11,17-19,28,30-31H,6-9,12-15H2,1H3/t18-,19-/m0/s1. The molecule has 1 heterocycles. The van der Waals surface area contributed by atoms with Crippen molar-refractivity contribution in [1.29, 1.82) is 0 Å². The summed E-state index contributed by atoms with van der Waals surface area (Å²) < 4.78 is 24.5. The van der Waals surface area contributed by atoms with E-state index in [1.807, 2.05) is 0 Å². The number of β-amino-alcohol motifs (C(OH)–C–C–N with tert-alkyl or cyclic N) is 1. The second-order valence-electron chi connectivity index (χ2n) is 8.40. The molecule has 1 aliphatic heterocycles. The molecule has 2 atom stereocenters. The average Bonchev–Trinajstić information content (AvgIpc) is 2.80. The topological polar surface area (TPSA) is 74.2 Å². The lowest BCUT2D eigenvalue weighted by Crippen LogP contribution is -2.47. The van der Waals surface area contributed by atoms with E-state index in [4.69, 9.17) is 32.7 Å². The molecule has 0 bridgehead atoms. The first kappa shape index (κ1) is 26.0. The highest BCUT2D eigenvalue weighted by Crippen LogP contribution is 2.26. The first-order chi connectivity index (χ1) is 15.8. The summed E-state index contributed by atoms with van der Waals surface area (Å²) in [5, 5.41) is 24.8. The van der Waals surface area contributed by atoms with E-state index in [0.717, 1.165) is 25.9 Å². The molecule has 1 fully saturated rings. The molecule has 0 radical (unpaired) electrons. The summed E-state index contributed by atoms with van der Waals surface area (Å²) in [7, 11) is 0. The van der Waals surface area contributed by atoms with Crippen LogP contribution >= 0.6 is 23.2 Å². The van der Waals surface area contributed by atoms with Gasteiger partial charge in [0.15, 0.2) is 0 Å². The van der Waals surface area contributed by atoms with Crippen molar-refractivity contribution in [2.24, 2.45) is 0 Å². The van der Waals surface area contributed by atoms with Crippen molar-refractivity contribution in [3.05, 3.63) is 57.8 Å². The molecule has 182 valence electrons. The third kappa shape index (κ3) is 8.59. The zero-order valence-corrected chi connectivity index (χ0v) is 20.2. The van der Waals surface area contributed by atoms with Crippen LogP contribution in [0.2, 0.25) is 10.0 Å². The van der Waals surface area contributed by atoms with Gasteiger partial charge < -0.3 is 29.9 Å². The Hall–Kier alpha value is -1.61. The predicted molar refractivity (Wildman–Crippen MR) is 128 cm³/mol. The van der Waals surface area contributed by atoms with E-state index in [0.29, 0.717) is 46.2 Å². The van der Waals surface area contributed by atoms with E-state index >= 15 is 0 Å². The third-order valence-corrected chi connectivity index (χ3v) is 6.34. The fourth-order valence-electron chi connectivity index (χ4n) is 3.69. The number of halogens is 3. The number of rotatable bonds is 11. The number of aryl methyl sites for hydroxylation is 1. The van der Waals surface area contributed by atoms with E-state index in [1.54, 1.807) is 37.3 Å². The van der Waals surface area contributed by atoms with Crippen molar-refractivity contribution in [2.75, 3.05) is 39.4 Å². The van der Waals surface area contributed by atoms with Gasteiger partial charge in [0.2, 0.25) is 0 Å². The number of likely N-dealkylation sites (tertiary alicyclic amines) is 1. The first-order valence-corrected chi connectivity index (χ1v) is 11.8. The number of aliphatic hydroxyl groups excluding tert-OH is 2. The Morgan fingerprint density at radius 2 is 1.64 bits per heavy atom. The summed E-state index contributed by atoms with van der Waals surface area (Å²) in [6, 6.07) is 9.85. The Bertz CT molecular complexity index is 897. The normalized spacial score (nSPS) is 17.0. The minimum absolute atomic E-state index is 0.141. The molecule has 0 unspecified atom stereocenters. The Labute approximate surface area is 204 Å². The average molecular weight is 501 g/mol. The summed E-state index contributed by atoms with van der Waals surface area (Å²) in [5.41, 5.74) is 0.512. The maximum atomic E-state index is 13.3. The van der Waals surface area contributed by atoms with Crippen LogP contribution in [0, 0.1) is 12.7 Å². The summed E-state index contributed by atoms with van der Waals surface area (Å²) in [6.45, 7) is 4.64. The van der Waals surface area contributed by atoms with Gasteiger partial charge in [-0.05, 0) is 68.8 Å². The zero-order chi connectivity index (χ0) is 23.8. The molecule has 0 aliphatic carbocycles. The van der Waals surface area contributed by atoms with Crippen LogP contribution in [-0.2, 0) is 0 Å². The molecule has 0 saturated carbocycles. The predicted octanol–water partition coefficient (Wildman–Crippen LogP) is 3.67. The van der Waals surface area contributed by atoms with Crippen LogP contribution in [0.5, 0.6) is 11.5 Å². The van der Waals surface area contributed by atoms with Crippen LogP contribution in [-0.4, -0.2) is 72.8 Å². The molecule has 1 saturated heterocycles. The van der Waals surface area contributed by atoms with E-state index in [2.05, 4.69) is 10.2 Å². The maximum Gasteiger partial charge on any atom is 0.126 e. The number of ether oxygens (including phenoxy) is 2. The Morgan fingerprint density at radius 3 is 2.30 bits per heavy atom. The molecule has 9 heteroatoms. The van der Waals surface area contributed by atoms with E-state index in [9.17, 15) is 14.6 Å². The summed E-state index contributed by atoms with van der Waals surface area (Å²) in [6.07, 6.45) is 0.572. The van der Waals surface area contributed by atoms with Gasteiger partial charge in [-0.15, -0.1) is 0 Å². The Morgan fingerprint density at radius 1 is 1.00 bits per heavy atom. The van der Waals surface area contributed by atoms with Crippen LogP contribution in [0.15, 0.2) is 36.4 Å². The smallest absolute Gasteiger partial charge is 0.126 e. The number of benzene rings is 2. The highest BCUT2D eigenvalue weighted by Gasteiger charge is 2.22. The molecule has 33 heavy (non-hydrogen) atoms. The highest BCUT2D eigenvalue weighted by molar-refractivity contribution is 6.42. The van der Waals surface area contributed by atoms with E-state index in [-0.39, 0.29) is 19.0 Å². The van der Waals surface area contributed by atoms with Crippen molar-refractivity contribution in [1.82, 2.24) is 10.2 Å². The SMILES string of the molecule is Cc1cc(OC[C@@H](O)CNC2CCN(C[C@H](O)COc3ccc(Cl)c(Cl)c3)CC2)ccc1F. The van der Waals surface area contributed by atoms with Gasteiger partial charge in [0.05, 0.1) is 10.0 Å². The number of nitrogens with zero attached hydrogens (tertiary/aromatic N) is 1. The van der Waals surface area contributed by atoms with Crippen LogP contribution in [0.3, 0.4) is 0 Å². The van der Waals surface area contributed by atoms with Gasteiger partial charge in [-0.1, -0.05) is 23.2 Å². The van der Waals surface area contributed by atoms with Crippen molar-refractivity contribution < 1.29 is 24.1 Å². The summed E-state index contributed by atoms with van der Waals surface area (Å²) >= 11 is 11.9. The van der Waals surface area contributed by atoms with Crippen LogP contribution in [0.25, 0.3) is 0 Å². The molecule has 2 aromatic carbocycles. The second kappa shape index (κ2) is 12.7. The van der Waals surface area contributed by atoms with E-state index in [1.165, 1.54) is 6.07 Å². The molecule has 0 amide bonds. The molecule has 3 rings (SSSR count). The van der Waals surface area contributed by atoms with Gasteiger partial charge in [0.25, 0.3) is 0 Å². The van der Waals surface area contributed by atoms with Crippen LogP contribution in [0.1, 0.15) is 18.4 Å². The molecular weight excluding hydrogens is 470 g/mol. The highest BCUT2D eigenvalue weighted by atomic mass is 35.5. The van der Waals surface area contributed by atoms with Gasteiger partial charge in [0, 0.05) is 25.2 Å². The summed E-state index contributed by atoms with van der Waals surface area (Å²) in [4.78, 5) is 2.21. The molecule has 1 aliphatic rings. The molecule has 2 aromatic rings. The molecular formula is C24H31Cl2FN2O4. The Balaban J connectivity index is 1.29. The number of piperidine rings is 1. The Kier molecular flexibility index (Phi) is 10.0. The van der Waals surface area contributed by atoms with Crippen molar-refractivity contribution in [3.8, 4) is 11.5 Å². The zero-order valence-electron chi connectivity index (χ0n) is 18.6. The number of hydrogen-bond acceptors (Lipinski definition) is 6. The van der Waals surface area contributed by atoms with E-state index < -0.39 is 12.2 Å². The first-order valence-electron chi connectivity index (χ1n) is 11.1. The fourth-order valence-corrected chi connectivity index (χ4v) is 3.98. The van der Waals surface area contributed by atoms with Crippen molar-refractivity contribution >= 4 is 23.2 Å².